The Morgan fingerprint density at radius 3 is 2.75 bits per heavy atom. The van der Waals surface area contributed by atoms with Gasteiger partial charge in [0.15, 0.2) is 5.96 Å². The number of piperazine rings is 1. The van der Waals surface area contributed by atoms with Crippen LogP contribution in [0.1, 0.15) is 11.3 Å². The number of aliphatic imine (C=N–C) groups is 1. The summed E-state index contributed by atoms with van der Waals surface area (Å²) in [6, 6.07) is 9.95. The Bertz CT molecular complexity index is 743. The number of benzene rings is 1. The average Bonchev–Trinajstić information content (AvgIpc) is 3.22. The molecule has 1 fully saturated rings. The predicted octanol–water partition coefficient (Wildman–Crippen LogP) is 2.75. The zero-order valence-corrected chi connectivity index (χ0v) is 18.5. The van der Waals surface area contributed by atoms with Gasteiger partial charge in [-0.2, -0.15) is 0 Å². The third-order valence-electron chi connectivity index (χ3n) is 4.53. The van der Waals surface area contributed by atoms with Crippen molar-refractivity contribution in [2.24, 2.45) is 4.99 Å². The van der Waals surface area contributed by atoms with Crippen LogP contribution < -0.4 is 10.1 Å². The third-order valence-corrected chi connectivity index (χ3v) is 4.53. The maximum atomic E-state index is 5.73. The lowest BCUT2D eigenvalue weighted by atomic mass is 10.2. The zero-order chi connectivity index (χ0) is 18.9. The number of nitrogens with zero attached hydrogens (tertiary/aromatic N) is 4. The molecule has 2 aromatic rings. The first kappa shape index (κ1) is 22.2. The van der Waals surface area contributed by atoms with Crippen molar-refractivity contribution in [3.05, 3.63) is 60.5 Å². The first-order chi connectivity index (χ1) is 13.3. The summed E-state index contributed by atoms with van der Waals surface area (Å²) in [5.74, 6) is 1.78. The Hall–Kier alpha value is -2.07. The molecule has 0 unspecified atom stereocenters. The molecule has 1 aliphatic rings. The number of para-hydroxylation sites is 1. The van der Waals surface area contributed by atoms with Crippen molar-refractivity contribution in [3.8, 4) is 5.75 Å². The molecular weight excluding hydrogens is 469 g/mol. The molecule has 1 aliphatic heterocycles. The molecule has 0 saturated carbocycles. The number of halogens is 1. The van der Waals surface area contributed by atoms with Crippen molar-refractivity contribution < 1.29 is 9.26 Å². The smallest absolute Gasteiger partial charge is 0.194 e. The van der Waals surface area contributed by atoms with Gasteiger partial charge in [-0.05, 0) is 6.07 Å². The number of ether oxygens (including phenoxy) is 1. The van der Waals surface area contributed by atoms with Crippen LogP contribution >= 0.6 is 24.0 Å². The summed E-state index contributed by atoms with van der Waals surface area (Å²) in [5, 5.41) is 7.45. The van der Waals surface area contributed by atoms with Crippen LogP contribution in [0.4, 0.5) is 0 Å². The Morgan fingerprint density at radius 1 is 1.29 bits per heavy atom. The van der Waals surface area contributed by atoms with Gasteiger partial charge in [-0.3, -0.25) is 9.89 Å². The van der Waals surface area contributed by atoms with Crippen molar-refractivity contribution in [3.63, 3.8) is 0 Å². The molecule has 0 bridgehead atoms. The molecule has 0 amide bonds. The summed E-state index contributed by atoms with van der Waals surface area (Å²) in [6.07, 6.45) is 3.37. The van der Waals surface area contributed by atoms with E-state index < -0.39 is 0 Å². The fraction of sp³-hybridized carbons (Fsp3) is 0.400. The molecule has 1 aromatic carbocycles. The maximum absolute atomic E-state index is 5.73. The van der Waals surface area contributed by atoms with Crippen molar-refractivity contribution in [1.82, 2.24) is 20.3 Å². The van der Waals surface area contributed by atoms with E-state index in [1.807, 2.05) is 31.3 Å². The van der Waals surface area contributed by atoms with Crippen molar-refractivity contribution in [2.75, 3.05) is 39.8 Å². The van der Waals surface area contributed by atoms with Gasteiger partial charge in [-0.15, -0.1) is 24.0 Å². The monoisotopic (exact) mass is 497 g/mol. The maximum Gasteiger partial charge on any atom is 0.194 e. The van der Waals surface area contributed by atoms with E-state index >= 15 is 0 Å². The second-order valence-electron chi connectivity index (χ2n) is 6.36. The molecule has 28 heavy (non-hydrogen) atoms. The summed E-state index contributed by atoms with van der Waals surface area (Å²) >= 11 is 0. The molecular formula is C20H28IN5O2. The van der Waals surface area contributed by atoms with Crippen molar-refractivity contribution in [2.45, 2.75) is 13.1 Å². The van der Waals surface area contributed by atoms with E-state index in [4.69, 9.17) is 9.26 Å². The van der Waals surface area contributed by atoms with Crippen molar-refractivity contribution in [1.29, 1.82) is 0 Å². The molecule has 0 aliphatic carbocycles. The molecule has 1 aromatic heterocycles. The highest BCUT2D eigenvalue weighted by atomic mass is 127. The van der Waals surface area contributed by atoms with Gasteiger partial charge in [0.2, 0.25) is 0 Å². The van der Waals surface area contributed by atoms with Crippen LogP contribution in [0.15, 0.2) is 58.8 Å². The highest BCUT2D eigenvalue weighted by Gasteiger charge is 2.20. The molecule has 0 atom stereocenters. The lowest BCUT2D eigenvalue weighted by Gasteiger charge is -2.36. The molecule has 2 heterocycles. The average molecular weight is 497 g/mol. The molecule has 1 saturated heterocycles. The first-order valence-corrected chi connectivity index (χ1v) is 9.19. The molecule has 0 spiro atoms. The van der Waals surface area contributed by atoms with E-state index in [1.165, 1.54) is 0 Å². The third kappa shape index (κ3) is 6.23. The van der Waals surface area contributed by atoms with Crippen molar-refractivity contribution >= 4 is 29.9 Å². The fourth-order valence-corrected chi connectivity index (χ4v) is 3.11. The number of guanidine groups is 1. The van der Waals surface area contributed by atoms with E-state index in [2.05, 4.69) is 37.9 Å². The topological polar surface area (TPSA) is 66.1 Å². The Kier molecular flexibility index (Phi) is 9.29. The SMILES string of the molecule is C=CCOc1ccccc1CNC(=NC)N1CCN(Cc2ccon2)CC1.I. The summed E-state index contributed by atoms with van der Waals surface area (Å²) < 4.78 is 10.6. The van der Waals surface area contributed by atoms with Crippen LogP contribution in [0.3, 0.4) is 0 Å². The summed E-state index contributed by atoms with van der Waals surface area (Å²) in [5.41, 5.74) is 2.08. The van der Waals surface area contributed by atoms with E-state index in [9.17, 15) is 0 Å². The number of rotatable bonds is 7. The minimum atomic E-state index is 0. The van der Waals surface area contributed by atoms with Crippen LogP contribution in [0.25, 0.3) is 0 Å². The first-order valence-electron chi connectivity index (χ1n) is 9.19. The number of nitrogens with one attached hydrogen (secondary N) is 1. The van der Waals surface area contributed by atoms with Gasteiger partial charge in [-0.25, -0.2) is 0 Å². The Balaban J connectivity index is 0.00000280. The molecule has 152 valence electrons. The van der Waals surface area contributed by atoms with Gasteiger partial charge in [-0.1, -0.05) is 36.0 Å². The van der Waals surface area contributed by atoms with E-state index in [0.717, 1.165) is 55.7 Å². The molecule has 0 radical (unpaired) electrons. The van der Waals surface area contributed by atoms with E-state index in [-0.39, 0.29) is 24.0 Å². The van der Waals surface area contributed by atoms with E-state index in [0.29, 0.717) is 13.2 Å². The summed E-state index contributed by atoms with van der Waals surface area (Å²) in [4.78, 5) is 9.11. The second-order valence-corrected chi connectivity index (χ2v) is 6.36. The van der Waals surface area contributed by atoms with Gasteiger partial charge in [0.1, 0.15) is 18.6 Å². The Labute approximate surface area is 183 Å². The second kappa shape index (κ2) is 11.7. The lowest BCUT2D eigenvalue weighted by molar-refractivity contribution is 0.169. The van der Waals surface area contributed by atoms with Crippen LogP contribution in [-0.2, 0) is 13.1 Å². The fourth-order valence-electron chi connectivity index (χ4n) is 3.11. The summed E-state index contributed by atoms with van der Waals surface area (Å²) in [7, 11) is 1.82. The van der Waals surface area contributed by atoms with Crippen LogP contribution in [-0.4, -0.2) is 60.7 Å². The largest absolute Gasteiger partial charge is 0.489 e. The van der Waals surface area contributed by atoms with Gasteiger partial charge >= 0.3 is 0 Å². The normalized spacial score (nSPS) is 15.0. The van der Waals surface area contributed by atoms with Gasteiger partial charge in [0.25, 0.3) is 0 Å². The molecule has 7 nitrogen and oxygen atoms in total. The quantitative estimate of drug-likeness (QED) is 0.275. The van der Waals surface area contributed by atoms with Crippen LogP contribution in [0.5, 0.6) is 5.75 Å². The number of aromatic nitrogens is 1. The Morgan fingerprint density at radius 2 is 2.07 bits per heavy atom. The minimum Gasteiger partial charge on any atom is -0.489 e. The molecule has 3 rings (SSSR count). The lowest BCUT2D eigenvalue weighted by Crippen LogP contribution is -2.52. The van der Waals surface area contributed by atoms with E-state index in [1.54, 1.807) is 12.3 Å². The standard InChI is InChI=1S/C20H27N5O2.HI/c1-3-13-26-19-7-5-4-6-17(19)15-22-20(21-2)25-11-9-24(10-12-25)16-18-8-14-27-23-18;/h3-8,14H,1,9-13,15-16H2,2H3,(H,21,22);1H. The number of hydrogen-bond acceptors (Lipinski definition) is 5. The molecule has 1 N–H and O–H groups in total. The van der Waals surface area contributed by atoms with Gasteiger partial charge < -0.3 is 19.5 Å². The van der Waals surface area contributed by atoms with Gasteiger partial charge in [0, 0.05) is 57.9 Å². The highest BCUT2D eigenvalue weighted by Crippen LogP contribution is 2.18. The minimum absolute atomic E-state index is 0. The number of hydrogen-bond donors (Lipinski definition) is 1. The van der Waals surface area contributed by atoms with Crippen LogP contribution in [0, 0.1) is 0 Å². The van der Waals surface area contributed by atoms with Gasteiger partial charge in [0.05, 0.1) is 5.69 Å². The summed E-state index contributed by atoms with van der Waals surface area (Å²) in [6.45, 7) is 9.47. The molecule has 8 heteroatoms. The zero-order valence-electron chi connectivity index (χ0n) is 16.2. The van der Waals surface area contributed by atoms with Crippen LogP contribution in [0.2, 0.25) is 0 Å². The highest BCUT2D eigenvalue weighted by molar-refractivity contribution is 14.0. The predicted molar refractivity (Wildman–Crippen MR) is 121 cm³/mol.